The molecule has 0 heterocycles. The van der Waals surface area contributed by atoms with E-state index in [4.69, 9.17) is 0 Å². The van der Waals surface area contributed by atoms with Crippen molar-refractivity contribution in [2.45, 2.75) is 39.2 Å². The third-order valence-corrected chi connectivity index (χ3v) is 3.35. The molecule has 0 aromatic rings. The van der Waals surface area contributed by atoms with E-state index in [-0.39, 0.29) is 0 Å². The van der Waals surface area contributed by atoms with Crippen molar-refractivity contribution < 1.29 is 0 Å². The normalized spacial score (nSPS) is 41.2. The van der Waals surface area contributed by atoms with Gasteiger partial charge in [0, 0.05) is 6.04 Å². The van der Waals surface area contributed by atoms with Crippen LogP contribution in [0.25, 0.3) is 0 Å². The maximum Gasteiger partial charge on any atom is 0.00104 e. The minimum absolute atomic E-state index is 0.677. The largest absolute Gasteiger partial charge is 0.314 e. The topological polar surface area (TPSA) is 12.0 Å². The van der Waals surface area contributed by atoms with Crippen LogP contribution in [0, 0.1) is 17.8 Å². The zero-order valence-corrected chi connectivity index (χ0v) is 7.64. The molecule has 0 aromatic carbocycles. The van der Waals surface area contributed by atoms with Crippen LogP contribution in [0.3, 0.4) is 0 Å². The van der Waals surface area contributed by atoms with Crippen LogP contribution in [0.1, 0.15) is 33.1 Å². The lowest BCUT2D eigenvalue weighted by Gasteiger charge is -2.08. The summed E-state index contributed by atoms with van der Waals surface area (Å²) in [6.07, 6.45) is 4.55. The molecule has 64 valence electrons. The molecule has 1 nitrogen and oxygen atoms in total. The van der Waals surface area contributed by atoms with E-state index in [0.29, 0.717) is 6.04 Å². The van der Waals surface area contributed by atoms with E-state index in [2.05, 4.69) is 19.2 Å². The van der Waals surface area contributed by atoms with Crippen molar-refractivity contribution in [2.24, 2.45) is 17.8 Å². The van der Waals surface area contributed by atoms with E-state index >= 15 is 0 Å². The van der Waals surface area contributed by atoms with Gasteiger partial charge in [0.2, 0.25) is 0 Å². The van der Waals surface area contributed by atoms with Crippen LogP contribution in [-0.4, -0.2) is 12.6 Å². The average molecular weight is 153 g/mol. The first-order chi connectivity index (χ1) is 5.29. The molecule has 2 rings (SSSR count). The fourth-order valence-electron chi connectivity index (χ4n) is 2.64. The van der Waals surface area contributed by atoms with Crippen molar-refractivity contribution in [3.8, 4) is 0 Å². The van der Waals surface area contributed by atoms with E-state index in [9.17, 15) is 0 Å². The molecule has 0 aromatic heterocycles. The van der Waals surface area contributed by atoms with Gasteiger partial charge >= 0.3 is 0 Å². The van der Waals surface area contributed by atoms with Gasteiger partial charge in [-0.05, 0) is 37.1 Å². The fraction of sp³-hybridized carbons (Fsp3) is 1.00. The molecule has 2 saturated carbocycles. The summed E-state index contributed by atoms with van der Waals surface area (Å²) < 4.78 is 0. The summed E-state index contributed by atoms with van der Waals surface area (Å²) in [5.74, 6) is 3.31. The number of hydrogen-bond acceptors (Lipinski definition) is 1. The highest BCUT2D eigenvalue weighted by Gasteiger charge is 2.51. The molecule has 0 radical (unpaired) electrons. The van der Waals surface area contributed by atoms with E-state index in [1.54, 1.807) is 0 Å². The van der Waals surface area contributed by atoms with Gasteiger partial charge in [-0.2, -0.15) is 0 Å². The summed E-state index contributed by atoms with van der Waals surface area (Å²) >= 11 is 0. The monoisotopic (exact) mass is 153 g/mol. The summed E-state index contributed by atoms with van der Waals surface area (Å²) in [6, 6.07) is 0.677. The maximum absolute atomic E-state index is 3.54. The third kappa shape index (κ3) is 1.44. The Labute approximate surface area is 69.6 Å². The molecule has 0 spiro atoms. The molecular weight excluding hydrogens is 134 g/mol. The van der Waals surface area contributed by atoms with Gasteiger partial charge in [0.05, 0.1) is 0 Å². The number of nitrogens with one attached hydrogen (secondary N) is 1. The molecule has 2 fully saturated rings. The SMILES string of the molecule is CC(C)NCC1C2CCCC21. The highest BCUT2D eigenvalue weighted by molar-refractivity contribution is 5.01. The van der Waals surface area contributed by atoms with Gasteiger partial charge in [0.25, 0.3) is 0 Å². The lowest BCUT2D eigenvalue weighted by molar-refractivity contribution is 0.498. The lowest BCUT2D eigenvalue weighted by atomic mass is 10.1. The summed E-state index contributed by atoms with van der Waals surface area (Å²) in [5.41, 5.74) is 0. The molecule has 0 aliphatic heterocycles. The van der Waals surface area contributed by atoms with Crippen molar-refractivity contribution in [2.75, 3.05) is 6.54 Å². The summed E-state index contributed by atoms with van der Waals surface area (Å²) in [7, 11) is 0. The highest BCUT2D eigenvalue weighted by Crippen LogP contribution is 2.56. The zero-order valence-electron chi connectivity index (χ0n) is 7.64. The van der Waals surface area contributed by atoms with Crippen molar-refractivity contribution in [1.29, 1.82) is 0 Å². The minimum atomic E-state index is 0.677. The molecule has 1 heteroatoms. The van der Waals surface area contributed by atoms with Crippen molar-refractivity contribution in [3.63, 3.8) is 0 Å². The number of rotatable bonds is 3. The Morgan fingerprint density at radius 3 is 2.45 bits per heavy atom. The minimum Gasteiger partial charge on any atom is -0.314 e. The van der Waals surface area contributed by atoms with Crippen LogP contribution in [0.15, 0.2) is 0 Å². The predicted octanol–water partition coefficient (Wildman–Crippen LogP) is 2.03. The van der Waals surface area contributed by atoms with Gasteiger partial charge in [-0.1, -0.05) is 20.3 Å². The summed E-state index contributed by atoms with van der Waals surface area (Å²) in [5, 5.41) is 3.54. The highest BCUT2D eigenvalue weighted by atomic mass is 14.9. The first kappa shape index (κ1) is 7.60. The van der Waals surface area contributed by atoms with Crippen molar-refractivity contribution in [1.82, 2.24) is 5.32 Å². The van der Waals surface area contributed by atoms with Gasteiger partial charge in [0.1, 0.15) is 0 Å². The van der Waals surface area contributed by atoms with Gasteiger partial charge in [-0.25, -0.2) is 0 Å². The Hall–Kier alpha value is -0.0400. The molecule has 2 aliphatic rings. The van der Waals surface area contributed by atoms with E-state index in [1.165, 1.54) is 25.8 Å². The van der Waals surface area contributed by atoms with E-state index in [0.717, 1.165) is 17.8 Å². The van der Waals surface area contributed by atoms with Gasteiger partial charge in [-0.15, -0.1) is 0 Å². The van der Waals surface area contributed by atoms with Crippen LogP contribution in [0.4, 0.5) is 0 Å². The zero-order chi connectivity index (χ0) is 7.84. The first-order valence-electron chi connectivity index (χ1n) is 5.02. The Morgan fingerprint density at radius 1 is 1.27 bits per heavy atom. The Balaban J connectivity index is 1.67. The van der Waals surface area contributed by atoms with Gasteiger partial charge in [0.15, 0.2) is 0 Å². The molecule has 2 aliphatic carbocycles. The fourth-order valence-corrected chi connectivity index (χ4v) is 2.64. The second-order valence-electron chi connectivity index (χ2n) is 4.49. The van der Waals surface area contributed by atoms with Gasteiger partial charge < -0.3 is 5.32 Å². The molecule has 0 amide bonds. The van der Waals surface area contributed by atoms with Crippen molar-refractivity contribution >= 4 is 0 Å². The molecule has 0 bridgehead atoms. The predicted molar refractivity (Wildman–Crippen MR) is 47.5 cm³/mol. The van der Waals surface area contributed by atoms with Crippen LogP contribution < -0.4 is 5.32 Å². The number of fused-ring (bicyclic) bond motifs is 1. The third-order valence-electron chi connectivity index (χ3n) is 3.35. The quantitative estimate of drug-likeness (QED) is 0.654. The molecular formula is C10H19N. The van der Waals surface area contributed by atoms with Crippen LogP contribution in [0.5, 0.6) is 0 Å². The first-order valence-corrected chi connectivity index (χ1v) is 5.02. The Kier molecular flexibility index (Phi) is 1.92. The number of hydrogen-bond donors (Lipinski definition) is 1. The summed E-state index contributed by atoms with van der Waals surface area (Å²) in [6.45, 7) is 5.75. The Morgan fingerprint density at radius 2 is 1.91 bits per heavy atom. The maximum atomic E-state index is 3.54. The molecule has 11 heavy (non-hydrogen) atoms. The smallest absolute Gasteiger partial charge is 0.00104 e. The standard InChI is InChI=1S/C10H19N/c1-7(2)11-6-10-8-4-3-5-9(8)10/h7-11H,3-6H2,1-2H3. The van der Waals surface area contributed by atoms with E-state index < -0.39 is 0 Å². The molecule has 2 atom stereocenters. The van der Waals surface area contributed by atoms with Gasteiger partial charge in [-0.3, -0.25) is 0 Å². The second-order valence-corrected chi connectivity index (χ2v) is 4.49. The molecule has 0 saturated heterocycles. The van der Waals surface area contributed by atoms with Crippen LogP contribution in [-0.2, 0) is 0 Å². The molecule has 1 N–H and O–H groups in total. The van der Waals surface area contributed by atoms with Crippen molar-refractivity contribution in [3.05, 3.63) is 0 Å². The van der Waals surface area contributed by atoms with Crippen LogP contribution >= 0.6 is 0 Å². The second kappa shape index (κ2) is 2.78. The summed E-state index contributed by atoms with van der Waals surface area (Å²) in [4.78, 5) is 0. The molecule has 2 unspecified atom stereocenters. The van der Waals surface area contributed by atoms with E-state index in [1.807, 2.05) is 0 Å². The lowest BCUT2D eigenvalue weighted by Crippen LogP contribution is -2.25. The van der Waals surface area contributed by atoms with Crippen LogP contribution in [0.2, 0.25) is 0 Å². The average Bonchev–Trinajstić information content (AvgIpc) is 2.44. The Bertz CT molecular complexity index is 132.